The zero-order valence-electron chi connectivity index (χ0n) is 23.8. The molecule has 0 spiro atoms. The van der Waals surface area contributed by atoms with Gasteiger partial charge in [-0.25, -0.2) is 9.48 Å². The number of hydrogen-bond donors (Lipinski definition) is 2. The summed E-state index contributed by atoms with van der Waals surface area (Å²) < 4.78 is 23.5. The molecular formula is C26H32CsN5O7S. The van der Waals surface area contributed by atoms with E-state index in [1.165, 1.54) is 20.3 Å². The number of aliphatic hydroxyl groups is 1. The summed E-state index contributed by atoms with van der Waals surface area (Å²) in [5.74, 6) is -0.501. The summed E-state index contributed by atoms with van der Waals surface area (Å²) in [6, 6.07) is 8.21. The van der Waals surface area contributed by atoms with Crippen molar-refractivity contribution in [2.24, 2.45) is 0 Å². The smallest absolute Gasteiger partial charge is 0.496 e. The molecule has 4 aromatic rings. The zero-order chi connectivity index (χ0) is 27.8. The van der Waals surface area contributed by atoms with E-state index in [-0.39, 0.29) is 105 Å². The second-order valence-electron chi connectivity index (χ2n) is 7.52. The Kier molecular flexibility index (Phi) is 15.2. The molecule has 14 heteroatoms. The van der Waals surface area contributed by atoms with Gasteiger partial charge in [-0.15, -0.1) is 10.2 Å². The molecule has 0 aliphatic rings. The summed E-state index contributed by atoms with van der Waals surface area (Å²) in [6.45, 7) is 7.09. The SMILES string of the molecule is CC.COc1cccc(OC)c1-c1cc(C(=O)Nc2nnc(-n3nccc3C)s2)oc(=O)c1O[C@@H](C)CO.[CH3-].[Cs+]. The van der Waals surface area contributed by atoms with Gasteiger partial charge < -0.3 is 31.2 Å². The number of hydrogen-bond acceptors (Lipinski definition) is 11. The molecule has 1 atom stereocenters. The van der Waals surface area contributed by atoms with E-state index in [2.05, 4.69) is 20.6 Å². The van der Waals surface area contributed by atoms with Gasteiger partial charge in [-0.05, 0) is 38.1 Å². The standard InChI is InChI=1S/C23H23N5O7S.C2H6.CH3.Cs/c1-12-8-9-24-28(12)23-27-26-22(36-23)25-20(30)17-10-14(19(21(31)35-17)34-13(2)11-29)18-15(32-3)6-5-7-16(18)33-4;1-2;;/h5-10,13,29H,11H2,1-4H3,(H,25,26,30);1-2H3;1H3;/q;;-1;+1/t13-;;;/m0.../s1. The van der Waals surface area contributed by atoms with E-state index in [9.17, 15) is 14.7 Å². The molecule has 0 aliphatic carbocycles. The Morgan fingerprint density at radius 1 is 1.18 bits per heavy atom. The molecule has 40 heavy (non-hydrogen) atoms. The Morgan fingerprint density at radius 2 is 1.82 bits per heavy atom. The molecule has 1 aromatic carbocycles. The molecule has 0 fully saturated rings. The predicted molar refractivity (Wildman–Crippen MR) is 148 cm³/mol. The van der Waals surface area contributed by atoms with Crippen molar-refractivity contribution in [3.05, 3.63) is 65.8 Å². The molecule has 12 nitrogen and oxygen atoms in total. The van der Waals surface area contributed by atoms with Gasteiger partial charge in [0.2, 0.25) is 16.0 Å². The van der Waals surface area contributed by atoms with Crippen LogP contribution in [0.2, 0.25) is 0 Å². The number of ether oxygens (including phenoxy) is 3. The van der Waals surface area contributed by atoms with Crippen LogP contribution in [0, 0.1) is 14.4 Å². The third-order valence-corrected chi connectivity index (χ3v) is 5.87. The quantitative estimate of drug-likeness (QED) is 0.245. The molecule has 0 radical (unpaired) electrons. The second-order valence-corrected chi connectivity index (χ2v) is 8.47. The van der Waals surface area contributed by atoms with Crippen molar-refractivity contribution in [3.63, 3.8) is 0 Å². The molecule has 210 valence electrons. The minimum Gasteiger partial charge on any atom is -0.496 e. The fraction of sp³-hybridized carbons (Fsp3) is 0.308. The van der Waals surface area contributed by atoms with Gasteiger partial charge in [0, 0.05) is 17.5 Å². The number of aromatic nitrogens is 4. The fourth-order valence-electron chi connectivity index (χ4n) is 3.33. The van der Waals surface area contributed by atoms with Gasteiger partial charge in [0.05, 0.1) is 26.4 Å². The molecule has 1 amide bonds. The van der Waals surface area contributed by atoms with Crippen LogP contribution in [0.3, 0.4) is 0 Å². The van der Waals surface area contributed by atoms with Crippen LogP contribution in [-0.4, -0.2) is 57.9 Å². The Labute approximate surface area is 295 Å². The third kappa shape index (κ3) is 8.19. The number of carbonyl (C=O) groups is 1. The largest absolute Gasteiger partial charge is 1.00 e. The number of benzene rings is 1. The summed E-state index contributed by atoms with van der Waals surface area (Å²) in [5.41, 5.74) is 0.488. The topological polar surface area (TPSA) is 151 Å². The van der Waals surface area contributed by atoms with Crippen molar-refractivity contribution in [2.75, 3.05) is 26.1 Å². The maximum atomic E-state index is 13.0. The fourth-order valence-corrected chi connectivity index (χ4v) is 4.08. The van der Waals surface area contributed by atoms with Crippen molar-refractivity contribution in [1.82, 2.24) is 20.0 Å². The van der Waals surface area contributed by atoms with Gasteiger partial charge in [-0.3, -0.25) is 10.1 Å². The third-order valence-electron chi connectivity index (χ3n) is 5.05. The molecule has 0 saturated carbocycles. The van der Waals surface area contributed by atoms with Crippen LogP contribution in [-0.2, 0) is 0 Å². The summed E-state index contributed by atoms with van der Waals surface area (Å²) in [6.07, 6.45) is 0.899. The normalized spacial score (nSPS) is 10.7. The Bertz CT molecular complexity index is 1430. The van der Waals surface area contributed by atoms with Crippen LogP contribution >= 0.6 is 11.3 Å². The van der Waals surface area contributed by atoms with Crippen molar-refractivity contribution in [3.8, 4) is 33.5 Å². The van der Waals surface area contributed by atoms with Crippen LogP contribution in [0.1, 0.15) is 37.0 Å². The van der Waals surface area contributed by atoms with Crippen molar-refractivity contribution in [2.45, 2.75) is 33.8 Å². The number of methoxy groups -OCH3 is 2. The molecule has 0 aliphatic heterocycles. The van der Waals surface area contributed by atoms with Gasteiger partial charge in [0.1, 0.15) is 17.6 Å². The molecule has 4 rings (SSSR count). The summed E-state index contributed by atoms with van der Waals surface area (Å²) in [4.78, 5) is 26.0. The van der Waals surface area contributed by atoms with Crippen molar-refractivity contribution < 1.29 is 97.4 Å². The van der Waals surface area contributed by atoms with E-state index in [1.54, 1.807) is 36.0 Å². The van der Waals surface area contributed by atoms with Gasteiger partial charge in [0.15, 0.2) is 5.76 Å². The number of nitrogens with one attached hydrogen (secondary N) is 1. The van der Waals surface area contributed by atoms with Gasteiger partial charge in [0.25, 0.3) is 5.91 Å². The van der Waals surface area contributed by atoms with Gasteiger partial charge >= 0.3 is 74.5 Å². The first kappa shape index (κ1) is 35.8. The molecule has 3 heterocycles. The maximum absolute atomic E-state index is 13.0. The Balaban J connectivity index is 0.00000196. The minimum absolute atomic E-state index is 0. The van der Waals surface area contributed by atoms with Gasteiger partial charge in [-0.1, -0.05) is 31.3 Å². The van der Waals surface area contributed by atoms with Crippen LogP contribution in [0.5, 0.6) is 17.2 Å². The van der Waals surface area contributed by atoms with Crippen molar-refractivity contribution >= 4 is 22.4 Å². The summed E-state index contributed by atoms with van der Waals surface area (Å²) >= 11 is 1.09. The number of carbonyl (C=O) groups excluding carboxylic acids is 1. The summed E-state index contributed by atoms with van der Waals surface area (Å²) in [5, 5.41) is 24.8. The summed E-state index contributed by atoms with van der Waals surface area (Å²) in [7, 11) is 2.92. The first-order valence-corrected chi connectivity index (χ1v) is 12.5. The van der Waals surface area contributed by atoms with Crippen LogP contribution in [0.25, 0.3) is 16.3 Å². The van der Waals surface area contributed by atoms with E-state index < -0.39 is 17.6 Å². The van der Waals surface area contributed by atoms with E-state index in [4.69, 9.17) is 18.6 Å². The average molecular weight is 692 g/mol. The van der Waals surface area contributed by atoms with E-state index in [0.717, 1.165) is 17.0 Å². The first-order chi connectivity index (χ1) is 18.4. The molecule has 3 aromatic heterocycles. The molecule has 2 N–H and O–H groups in total. The minimum atomic E-state index is -0.920. The second kappa shape index (κ2) is 16.9. The number of rotatable bonds is 9. The van der Waals surface area contributed by atoms with Gasteiger partial charge in [-0.2, -0.15) is 5.10 Å². The number of aryl methyl sites for hydroxylation is 1. The average Bonchev–Trinajstić information content (AvgIpc) is 3.58. The Hall–Kier alpha value is -2.18. The molecular weight excluding hydrogens is 659 g/mol. The molecule has 0 bridgehead atoms. The molecule has 0 saturated heterocycles. The van der Waals surface area contributed by atoms with E-state index in [1.807, 2.05) is 26.8 Å². The van der Waals surface area contributed by atoms with Crippen molar-refractivity contribution in [1.29, 1.82) is 0 Å². The first-order valence-electron chi connectivity index (χ1n) is 11.7. The number of aliphatic hydroxyl groups excluding tert-OH is 1. The van der Waals surface area contributed by atoms with Crippen LogP contribution in [0.4, 0.5) is 5.13 Å². The van der Waals surface area contributed by atoms with Crippen LogP contribution in [0.15, 0.2) is 45.7 Å². The predicted octanol–water partition coefficient (Wildman–Crippen LogP) is 1.16. The van der Waals surface area contributed by atoms with E-state index in [0.29, 0.717) is 22.2 Å². The molecule has 0 unspecified atom stereocenters. The monoisotopic (exact) mass is 691 g/mol. The maximum Gasteiger partial charge on any atom is 1.00 e. The number of anilines is 1. The van der Waals surface area contributed by atoms with Crippen LogP contribution < -0.4 is 94.0 Å². The Morgan fingerprint density at radius 3 is 2.38 bits per heavy atom. The number of nitrogens with zero attached hydrogens (tertiary/aromatic N) is 4. The number of amides is 1. The zero-order valence-corrected chi connectivity index (χ0v) is 30.9. The van der Waals surface area contributed by atoms with E-state index >= 15 is 0 Å².